The van der Waals surface area contributed by atoms with Crippen LogP contribution in [-0.2, 0) is 0 Å². The van der Waals surface area contributed by atoms with Crippen molar-refractivity contribution in [1.29, 1.82) is 0 Å². The van der Waals surface area contributed by atoms with Gasteiger partial charge in [0.25, 0.3) is 0 Å². The summed E-state index contributed by atoms with van der Waals surface area (Å²) in [5, 5.41) is 0. The number of hydrogen-bond donors (Lipinski definition) is 1. The first kappa shape index (κ1) is 16.4. The monoisotopic (exact) mass is 288 g/mol. The minimum absolute atomic E-state index is 0.314. The highest BCUT2D eigenvalue weighted by Gasteiger charge is 2.41. The Bertz CT molecular complexity index is 466. The maximum atomic E-state index is 6.30. The molecule has 3 unspecified atom stereocenters. The second-order valence-electron chi connectivity index (χ2n) is 7.43. The van der Waals surface area contributed by atoms with Crippen molar-refractivity contribution in [3.8, 4) is 0 Å². The molecule has 0 aromatic heterocycles. The van der Waals surface area contributed by atoms with Gasteiger partial charge in [-0.05, 0) is 61.6 Å². The highest BCUT2D eigenvalue weighted by Crippen LogP contribution is 2.44. The predicted molar refractivity (Wildman–Crippen MR) is 92.7 cm³/mol. The summed E-state index contributed by atoms with van der Waals surface area (Å²) in [5.74, 6) is 1.31. The van der Waals surface area contributed by atoms with E-state index in [0.717, 1.165) is 13.1 Å². The third kappa shape index (κ3) is 3.42. The molecule has 1 aliphatic carbocycles. The molecule has 3 atom stereocenters. The van der Waals surface area contributed by atoms with Gasteiger partial charge in [-0.25, -0.2) is 0 Å². The average molecular weight is 288 g/mol. The van der Waals surface area contributed by atoms with Gasteiger partial charge in [0, 0.05) is 24.8 Å². The standard InChI is InChI=1S/C19H32N2/c1-6-21(17-9-7-8-14(2)12-17)13-16-10-11-18(20)15(3)19(16,4)5/h7-9,12,15-16,18H,6,10-11,13,20H2,1-5H3. The van der Waals surface area contributed by atoms with Crippen molar-refractivity contribution in [1.82, 2.24) is 0 Å². The second kappa shape index (κ2) is 6.39. The van der Waals surface area contributed by atoms with Crippen LogP contribution in [0.15, 0.2) is 24.3 Å². The smallest absolute Gasteiger partial charge is 0.0368 e. The quantitative estimate of drug-likeness (QED) is 0.898. The van der Waals surface area contributed by atoms with Crippen LogP contribution in [0.4, 0.5) is 5.69 Å². The van der Waals surface area contributed by atoms with E-state index in [4.69, 9.17) is 5.73 Å². The fourth-order valence-corrected chi connectivity index (χ4v) is 3.77. The lowest BCUT2D eigenvalue weighted by atomic mass is 9.61. The van der Waals surface area contributed by atoms with Gasteiger partial charge >= 0.3 is 0 Å². The molecule has 0 radical (unpaired) electrons. The van der Waals surface area contributed by atoms with Crippen molar-refractivity contribution in [3.05, 3.63) is 29.8 Å². The Balaban J connectivity index is 2.15. The predicted octanol–water partition coefficient (Wildman–Crippen LogP) is 4.22. The summed E-state index contributed by atoms with van der Waals surface area (Å²) in [6.07, 6.45) is 2.42. The van der Waals surface area contributed by atoms with Crippen molar-refractivity contribution in [2.24, 2.45) is 23.0 Å². The lowest BCUT2D eigenvalue weighted by Gasteiger charge is -2.48. The number of aryl methyl sites for hydroxylation is 1. The van der Waals surface area contributed by atoms with Crippen LogP contribution in [0, 0.1) is 24.2 Å². The molecule has 0 amide bonds. The summed E-state index contributed by atoms with van der Waals surface area (Å²) >= 11 is 0. The van der Waals surface area contributed by atoms with E-state index in [9.17, 15) is 0 Å². The maximum Gasteiger partial charge on any atom is 0.0368 e. The highest BCUT2D eigenvalue weighted by atomic mass is 15.1. The number of hydrogen-bond acceptors (Lipinski definition) is 2. The second-order valence-corrected chi connectivity index (χ2v) is 7.43. The molecule has 0 bridgehead atoms. The third-order valence-electron chi connectivity index (χ3n) is 5.91. The number of benzene rings is 1. The Kier molecular flexibility index (Phi) is 4.98. The van der Waals surface area contributed by atoms with Crippen molar-refractivity contribution in [2.75, 3.05) is 18.0 Å². The van der Waals surface area contributed by atoms with E-state index in [1.54, 1.807) is 0 Å². The molecule has 118 valence electrons. The van der Waals surface area contributed by atoms with E-state index in [0.29, 0.717) is 23.3 Å². The van der Waals surface area contributed by atoms with Crippen LogP contribution < -0.4 is 10.6 Å². The van der Waals surface area contributed by atoms with Crippen LogP contribution in [0.25, 0.3) is 0 Å². The first-order valence-electron chi connectivity index (χ1n) is 8.43. The maximum absolute atomic E-state index is 6.30. The molecule has 2 N–H and O–H groups in total. The van der Waals surface area contributed by atoms with Gasteiger partial charge in [-0.1, -0.05) is 32.9 Å². The van der Waals surface area contributed by atoms with Crippen LogP contribution in [-0.4, -0.2) is 19.1 Å². The summed E-state index contributed by atoms with van der Waals surface area (Å²) < 4.78 is 0. The zero-order valence-corrected chi connectivity index (χ0v) is 14.4. The molecule has 1 aliphatic rings. The lowest BCUT2D eigenvalue weighted by molar-refractivity contribution is 0.0583. The van der Waals surface area contributed by atoms with Gasteiger partial charge in [0.15, 0.2) is 0 Å². The first-order valence-corrected chi connectivity index (χ1v) is 8.43. The molecule has 2 nitrogen and oxygen atoms in total. The van der Waals surface area contributed by atoms with Gasteiger partial charge in [-0.15, -0.1) is 0 Å². The number of nitrogens with two attached hydrogens (primary N) is 1. The van der Waals surface area contributed by atoms with Gasteiger partial charge in [0.05, 0.1) is 0 Å². The molecule has 21 heavy (non-hydrogen) atoms. The molecule has 0 aliphatic heterocycles. The number of rotatable bonds is 4. The van der Waals surface area contributed by atoms with E-state index in [1.165, 1.54) is 24.1 Å². The summed E-state index contributed by atoms with van der Waals surface area (Å²) in [5.41, 5.74) is 9.31. The first-order chi connectivity index (χ1) is 9.86. The highest BCUT2D eigenvalue weighted by molar-refractivity contribution is 5.48. The third-order valence-corrected chi connectivity index (χ3v) is 5.91. The topological polar surface area (TPSA) is 29.3 Å². The molecule has 1 saturated carbocycles. The molecule has 1 fully saturated rings. The molecule has 0 saturated heterocycles. The normalized spacial score (nSPS) is 28.4. The van der Waals surface area contributed by atoms with Crippen LogP contribution in [0.3, 0.4) is 0 Å². The molecule has 2 rings (SSSR count). The summed E-state index contributed by atoms with van der Waals surface area (Å²) in [6.45, 7) is 13.8. The lowest BCUT2D eigenvalue weighted by Crippen LogP contribution is -2.50. The van der Waals surface area contributed by atoms with E-state index in [2.05, 4.69) is 63.8 Å². The van der Waals surface area contributed by atoms with Crippen LogP contribution >= 0.6 is 0 Å². The molecule has 1 aromatic rings. The molecular weight excluding hydrogens is 256 g/mol. The Labute approximate surface area is 130 Å². The average Bonchev–Trinajstić information content (AvgIpc) is 2.44. The van der Waals surface area contributed by atoms with Crippen molar-refractivity contribution in [2.45, 2.75) is 53.5 Å². The Morgan fingerprint density at radius 2 is 2.00 bits per heavy atom. The fourth-order valence-electron chi connectivity index (χ4n) is 3.77. The van der Waals surface area contributed by atoms with Crippen LogP contribution in [0.5, 0.6) is 0 Å². The van der Waals surface area contributed by atoms with Gasteiger partial charge in [-0.3, -0.25) is 0 Å². The summed E-state index contributed by atoms with van der Waals surface area (Å²) in [6, 6.07) is 9.24. The summed E-state index contributed by atoms with van der Waals surface area (Å²) in [7, 11) is 0. The molecule has 0 spiro atoms. The number of nitrogens with zero attached hydrogens (tertiary/aromatic N) is 1. The van der Waals surface area contributed by atoms with E-state index < -0.39 is 0 Å². The molecule has 0 heterocycles. The fraction of sp³-hybridized carbons (Fsp3) is 0.684. The Morgan fingerprint density at radius 3 is 2.62 bits per heavy atom. The minimum atomic E-state index is 0.314. The van der Waals surface area contributed by atoms with Crippen molar-refractivity contribution < 1.29 is 0 Å². The Hall–Kier alpha value is -1.02. The summed E-state index contributed by atoms with van der Waals surface area (Å²) in [4.78, 5) is 2.53. The van der Waals surface area contributed by atoms with Crippen LogP contribution in [0.1, 0.15) is 46.1 Å². The van der Waals surface area contributed by atoms with Crippen LogP contribution in [0.2, 0.25) is 0 Å². The molecular formula is C19H32N2. The van der Waals surface area contributed by atoms with E-state index >= 15 is 0 Å². The Morgan fingerprint density at radius 1 is 1.29 bits per heavy atom. The SMILES string of the molecule is CCN(CC1CCC(N)C(C)C1(C)C)c1cccc(C)c1. The van der Waals surface area contributed by atoms with E-state index in [-0.39, 0.29) is 0 Å². The van der Waals surface area contributed by atoms with Gasteiger partial charge < -0.3 is 10.6 Å². The number of anilines is 1. The van der Waals surface area contributed by atoms with Crippen molar-refractivity contribution in [3.63, 3.8) is 0 Å². The van der Waals surface area contributed by atoms with Gasteiger partial charge in [0.1, 0.15) is 0 Å². The van der Waals surface area contributed by atoms with Crippen molar-refractivity contribution >= 4 is 5.69 Å². The zero-order valence-electron chi connectivity index (χ0n) is 14.4. The van der Waals surface area contributed by atoms with Gasteiger partial charge in [0.2, 0.25) is 0 Å². The largest absolute Gasteiger partial charge is 0.372 e. The molecule has 2 heteroatoms. The molecule has 1 aromatic carbocycles. The minimum Gasteiger partial charge on any atom is -0.372 e. The van der Waals surface area contributed by atoms with Gasteiger partial charge in [-0.2, -0.15) is 0 Å². The zero-order chi connectivity index (χ0) is 15.6. The van der Waals surface area contributed by atoms with E-state index in [1.807, 2.05) is 0 Å².